The summed E-state index contributed by atoms with van der Waals surface area (Å²) in [6.07, 6.45) is 11.6. The molecule has 4 saturated heterocycles. The van der Waals surface area contributed by atoms with Crippen LogP contribution in [0.25, 0.3) is 10.9 Å². The number of phenols is 1. The maximum absolute atomic E-state index is 14.0. The molecule has 4 aliphatic heterocycles. The standard InChI is InChI=1S/C42H56N4O6/c47-35-12-10-33(34-11-13-38(49)44-40(34)35)36(48)27-43-21-14-29-15-24-46(25-16-29)39(50)9-5-7-30-6-4-8-32(26-30)42(19-2-1-3-20-42)41(51)52-37-28-45-22-17-31(37)18-23-45/h4,6,8,10-13,26,29,31,36-37,43,47-48H,1-3,5,7,9,14-25,27-28H2,(H,44,49)/t36-,37-/m0/s1. The summed E-state index contributed by atoms with van der Waals surface area (Å²) in [5.41, 5.74) is 2.42. The van der Waals surface area contributed by atoms with E-state index in [1.165, 1.54) is 24.1 Å². The van der Waals surface area contributed by atoms with Crippen molar-refractivity contribution in [2.45, 2.75) is 101 Å². The molecule has 0 unspecified atom stereocenters. The van der Waals surface area contributed by atoms with Crippen LogP contribution in [-0.4, -0.2) is 88.8 Å². The summed E-state index contributed by atoms with van der Waals surface area (Å²) in [5, 5.41) is 24.9. The molecule has 5 heterocycles. The molecule has 0 spiro atoms. The number of aromatic amines is 1. The Labute approximate surface area is 306 Å². The van der Waals surface area contributed by atoms with E-state index in [2.05, 4.69) is 39.5 Å². The number of carbonyl (C=O) groups excluding carboxylic acids is 2. The first-order valence-corrected chi connectivity index (χ1v) is 19.8. The van der Waals surface area contributed by atoms with Crippen molar-refractivity contribution in [2.75, 3.05) is 45.8 Å². The average Bonchev–Trinajstić information content (AvgIpc) is 3.18. The van der Waals surface area contributed by atoms with Crippen LogP contribution >= 0.6 is 0 Å². The monoisotopic (exact) mass is 712 g/mol. The van der Waals surface area contributed by atoms with Crippen LogP contribution in [0, 0.1) is 11.8 Å². The van der Waals surface area contributed by atoms with Gasteiger partial charge < -0.3 is 30.2 Å². The minimum atomic E-state index is -0.777. The van der Waals surface area contributed by atoms with Crippen LogP contribution in [0.2, 0.25) is 0 Å². The molecule has 2 atom stereocenters. The van der Waals surface area contributed by atoms with E-state index >= 15 is 0 Å². The number of aryl methyl sites for hydroxylation is 1. The van der Waals surface area contributed by atoms with Gasteiger partial charge in [0.15, 0.2) is 0 Å². The molecule has 8 rings (SSSR count). The van der Waals surface area contributed by atoms with Crippen LogP contribution in [-0.2, 0) is 26.2 Å². The molecule has 1 amide bonds. The fraction of sp³-hybridized carbons (Fsp3) is 0.595. The molecule has 52 heavy (non-hydrogen) atoms. The van der Waals surface area contributed by atoms with E-state index in [-0.39, 0.29) is 29.3 Å². The minimum absolute atomic E-state index is 0.0163. The van der Waals surface area contributed by atoms with Crippen LogP contribution in [0.4, 0.5) is 0 Å². The Morgan fingerprint density at radius 2 is 1.77 bits per heavy atom. The number of aliphatic hydroxyl groups is 1. The number of pyridine rings is 1. The highest BCUT2D eigenvalue weighted by Gasteiger charge is 2.46. The lowest BCUT2D eigenvalue weighted by molar-refractivity contribution is -0.167. The van der Waals surface area contributed by atoms with E-state index in [9.17, 15) is 24.6 Å². The van der Waals surface area contributed by atoms with Crippen molar-refractivity contribution >= 4 is 22.8 Å². The van der Waals surface area contributed by atoms with Gasteiger partial charge in [-0.05, 0) is 118 Å². The van der Waals surface area contributed by atoms with Crippen molar-refractivity contribution in [1.82, 2.24) is 20.1 Å². The van der Waals surface area contributed by atoms with Gasteiger partial charge in [0.05, 0.1) is 17.0 Å². The number of likely N-dealkylation sites (tertiary alicyclic amines) is 1. The first kappa shape index (κ1) is 36.6. The van der Waals surface area contributed by atoms with Gasteiger partial charge in [0.1, 0.15) is 11.9 Å². The highest BCUT2D eigenvalue weighted by Crippen LogP contribution is 2.42. The number of benzene rings is 2. The Morgan fingerprint density at radius 3 is 2.52 bits per heavy atom. The Bertz CT molecular complexity index is 1750. The largest absolute Gasteiger partial charge is 0.506 e. The Balaban J connectivity index is 0.838. The topological polar surface area (TPSA) is 135 Å². The summed E-state index contributed by atoms with van der Waals surface area (Å²) < 4.78 is 6.36. The number of H-pyrrole nitrogens is 1. The average molecular weight is 713 g/mol. The molecule has 5 aliphatic rings. The zero-order chi connectivity index (χ0) is 36.1. The van der Waals surface area contributed by atoms with Crippen molar-refractivity contribution in [1.29, 1.82) is 0 Å². The zero-order valence-corrected chi connectivity index (χ0v) is 30.5. The van der Waals surface area contributed by atoms with E-state index in [1.54, 1.807) is 12.1 Å². The second-order valence-electron chi connectivity index (χ2n) is 15.9. The third kappa shape index (κ3) is 8.24. The molecular formula is C42H56N4O6. The van der Waals surface area contributed by atoms with E-state index in [4.69, 9.17) is 4.74 Å². The van der Waals surface area contributed by atoms with Gasteiger partial charge in [0, 0.05) is 44.1 Å². The maximum atomic E-state index is 14.0. The Kier molecular flexibility index (Phi) is 11.6. The molecule has 1 aromatic heterocycles. The summed E-state index contributed by atoms with van der Waals surface area (Å²) in [5.74, 6) is 1.22. The molecular weight excluding hydrogens is 656 g/mol. The maximum Gasteiger partial charge on any atom is 0.316 e. The lowest BCUT2D eigenvalue weighted by Crippen LogP contribution is -2.53. The molecule has 2 aromatic carbocycles. The second kappa shape index (κ2) is 16.5. The number of carbonyl (C=O) groups is 2. The summed E-state index contributed by atoms with van der Waals surface area (Å²) in [7, 11) is 0. The van der Waals surface area contributed by atoms with Crippen molar-refractivity contribution < 1.29 is 24.5 Å². The van der Waals surface area contributed by atoms with Gasteiger partial charge in [-0.2, -0.15) is 0 Å². The number of aromatic hydroxyl groups is 1. The molecule has 4 N–H and O–H groups in total. The van der Waals surface area contributed by atoms with Crippen molar-refractivity contribution in [2.24, 2.45) is 11.8 Å². The number of hydrogen-bond donors (Lipinski definition) is 4. The minimum Gasteiger partial charge on any atom is -0.506 e. The highest BCUT2D eigenvalue weighted by molar-refractivity contribution is 5.87. The smallest absolute Gasteiger partial charge is 0.316 e. The van der Waals surface area contributed by atoms with Crippen LogP contribution < -0.4 is 10.9 Å². The molecule has 280 valence electrons. The number of nitrogens with one attached hydrogen (secondary N) is 2. The van der Waals surface area contributed by atoms with E-state index < -0.39 is 11.5 Å². The molecule has 5 fully saturated rings. The lowest BCUT2D eigenvalue weighted by Gasteiger charge is -2.45. The summed E-state index contributed by atoms with van der Waals surface area (Å²) in [6, 6.07) is 14.8. The van der Waals surface area contributed by atoms with Gasteiger partial charge in [-0.3, -0.25) is 19.3 Å². The summed E-state index contributed by atoms with van der Waals surface area (Å²) in [6.45, 7) is 5.84. The van der Waals surface area contributed by atoms with Gasteiger partial charge in [-0.15, -0.1) is 0 Å². The van der Waals surface area contributed by atoms with Crippen molar-refractivity contribution in [3.8, 4) is 5.75 Å². The molecule has 1 aliphatic carbocycles. The van der Waals surface area contributed by atoms with Crippen LogP contribution in [0.15, 0.2) is 53.3 Å². The van der Waals surface area contributed by atoms with E-state index in [1.807, 2.05) is 4.90 Å². The SMILES string of the molecule is O=C(CCCc1cccc(C2(C(=O)O[C@H]3CN4CCC3CC4)CCCCC2)c1)N1CCC(CCNC[C@H](O)c2ccc(O)c3[nH]c(=O)ccc23)CC1. The van der Waals surface area contributed by atoms with Crippen molar-refractivity contribution in [3.63, 3.8) is 0 Å². The number of piperidine rings is 4. The third-order valence-corrected chi connectivity index (χ3v) is 12.6. The fourth-order valence-corrected chi connectivity index (χ4v) is 9.36. The number of phenolic OH excluding ortho intramolecular Hbond substituents is 1. The number of rotatable bonds is 13. The third-order valence-electron chi connectivity index (χ3n) is 12.6. The first-order chi connectivity index (χ1) is 25.3. The predicted octanol–water partition coefficient (Wildman–Crippen LogP) is 5.35. The number of hydrogen-bond acceptors (Lipinski definition) is 8. The molecule has 3 aromatic rings. The number of nitrogens with zero attached hydrogens (tertiary/aromatic N) is 2. The van der Waals surface area contributed by atoms with Gasteiger partial charge in [0.2, 0.25) is 11.5 Å². The quantitative estimate of drug-likeness (QED) is 0.138. The molecule has 1 saturated carbocycles. The normalized spacial score (nSPS) is 23.8. The number of esters is 1. The second-order valence-corrected chi connectivity index (χ2v) is 15.9. The Morgan fingerprint density at radius 1 is 0.981 bits per heavy atom. The van der Waals surface area contributed by atoms with Crippen molar-refractivity contribution in [3.05, 3.63) is 75.6 Å². The molecule has 0 radical (unpaired) electrons. The molecule has 10 nitrogen and oxygen atoms in total. The molecule has 10 heteroatoms. The van der Waals surface area contributed by atoms with Crippen LogP contribution in [0.3, 0.4) is 0 Å². The van der Waals surface area contributed by atoms with E-state index in [0.717, 1.165) is 115 Å². The lowest BCUT2D eigenvalue weighted by atomic mass is 9.69. The number of amides is 1. The summed E-state index contributed by atoms with van der Waals surface area (Å²) in [4.78, 5) is 46.0. The number of aromatic nitrogens is 1. The van der Waals surface area contributed by atoms with Crippen LogP contribution in [0.1, 0.15) is 99.8 Å². The Hall–Kier alpha value is -3.73. The van der Waals surface area contributed by atoms with Crippen LogP contribution in [0.5, 0.6) is 5.75 Å². The first-order valence-electron chi connectivity index (χ1n) is 19.8. The molecule has 2 bridgehead atoms. The number of ether oxygens (including phenoxy) is 1. The van der Waals surface area contributed by atoms with Gasteiger partial charge in [-0.25, -0.2) is 0 Å². The van der Waals surface area contributed by atoms with Gasteiger partial charge in [-0.1, -0.05) is 49.6 Å². The van der Waals surface area contributed by atoms with Gasteiger partial charge in [0.25, 0.3) is 0 Å². The van der Waals surface area contributed by atoms with Gasteiger partial charge >= 0.3 is 5.97 Å². The number of aliphatic hydroxyl groups excluding tert-OH is 1. The summed E-state index contributed by atoms with van der Waals surface area (Å²) >= 11 is 0. The predicted molar refractivity (Wildman–Crippen MR) is 201 cm³/mol. The number of fused-ring (bicyclic) bond motifs is 4. The fourth-order valence-electron chi connectivity index (χ4n) is 9.36. The highest BCUT2D eigenvalue weighted by atomic mass is 16.5. The zero-order valence-electron chi connectivity index (χ0n) is 30.5. The van der Waals surface area contributed by atoms with E-state index in [0.29, 0.717) is 41.3 Å².